The molecule has 144 valence electrons. The van der Waals surface area contributed by atoms with Gasteiger partial charge in [-0.2, -0.15) is 0 Å². The Hall–Kier alpha value is -3.35. The number of hydrogen-bond acceptors (Lipinski definition) is 4. The summed E-state index contributed by atoms with van der Waals surface area (Å²) in [7, 11) is 0. The average Bonchev–Trinajstić information content (AvgIpc) is 3.19. The van der Waals surface area contributed by atoms with Gasteiger partial charge < -0.3 is 14.8 Å². The maximum atomic E-state index is 12.5. The lowest BCUT2D eigenvalue weighted by Crippen LogP contribution is -2.33. The van der Waals surface area contributed by atoms with Crippen molar-refractivity contribution in [1.82, 2.24) is 5.32 Å². The maximum absolute atomic E-state index is 12.5. The van der Waals surface area contributed by atoms with Crippen molar-refractivity contribution in [3.8, 4) is 17.1 Å². The topological polar surface area (TPSA) is 74.5 Å². The minimum Gasteiger partial charge on any atom is -0.507 e. The van der Waals surface area contributed by atoms with Gasteiger partial charge >= 0.3 is 0 Å². The fourth-order valence-electron chi connectivity index (χ4n) is 2.98. The van der Waals surface area contributed by atoms with Gasteiger partial charge in [-0.3, -0.25) is 10.1 Å². The number of thiocarbonyl (C=S) groups is 1. The minimum atomic E-state index is -0.473. The standard InChI is InChI=1S/C22H15ClN2O3S/c23-14-5-1-4-13(12-14)19-10-11-20(28-19)21(27)25-22(29)24-17-8-2-7-16-15(17)6-3-9-18(16)26/h1-12,26H,(H2,24,25,27,29). The number of benzene rings is 3. The number of nitrogens with one attached hydrogen (secondary N) is 2. The van der Waals surface area contributed by atoms with E-state index < -0.39 is 5.91 Å². The summed E-state index contributed by atoms with van der Waals surface area (Å²) in [6.07, 6.45) is 0. The molecule has 0 bridgehead atoms. The quantitative estimate of drug-likeness (QED) is 0.375. The molecule has 7 heteroatoms. The Morgan fingerprint density at radius 2 is 1.72 bits per heavy atom. The predicted molar refractivity (Wildman–Crippen MR) is 118 cm³/mol. The molecule has 0 atom stereocenters. The molecular weight excluding hydrogens is 408 g/mol. The van der Waals surface area contributed by atoms with Gasteiger partial charge in [0.05, 0.1) is 0 Å². The fourth-order valence-corrected chi connectivity index (χ4v) is 3.37. The molecule has 0 aliphatic carbocycles. The van der Waals surface area contributed by atoms with E-state index in [1.807, 2.05) is 18.2 Å². The molecule has 3 aromatic carbocycles. The van der Waals surface area contributed by atoms with Crippen LogP contribution in [0.2, 0.25) is 5.02 Å². The zero-order chi connectivity index (χ0) is 20.4. The molecule has 1 heterocycles. The number of hydrogen-bond donors (Lipinski definition) is 3. The Kier molecular flexibility index (Phi) is 5.20. The highest BCUT2D eigenvalue weighted by molar-refractivity contribution is 7.80. The van der Waals surface area contributed by atoms with Crippen molar-refractivity contribution in [3.05, 3.63) is 83.6 Å². The van der Waals surface area contributed by atoms with Crippen molar-refractivity contribution in [3.63, 3.8) is 0 Å². The number of carbonyl (C=O) groups is 1. The normalized spacial score (nSPS) is 10.7. The third-order valence-electron chi connectivity index (χ3n) is 4.31. The first-order valence-corrected chi connectivity index (χ1v) is 9.49. The highest BCUT2D eigenvalue weighted by Gasteiger charge is 2.14. The number of fused-ring (bicyclic) bond motifs is 1. The summed E-state index contributed by atoms with van der Waals surface area (Å²) < 4.78 is 5.63. The number of phenolic OH excluding ortho intramolecular Hbond substituents is 1. The molecule has 0 spiro atoms. The molecule has 4 rings (SSSR count). The number of aromatic hydroxyl groups is 1. The van der Waals surface area contributed by atoms with Crippen LogP contribution in [0.1, 0.15) is 10.6 Å². The van der Waals surface area contributed by atoms with Crippen LogP contribution in [0.3, 0.4) is 0 Å². The third-order valence-corrected chi connectivity index (χ3v) is 4.75. The van der Waals surface area contributed by atoms with E-state index in [9.17, 15) is 9.90 Å². The van der Waals surface area contributed by atoms with Crippen LogP contribution >= 0.6 is 23.8 Å². The molecule has 0 saturated heterocycles. The van der Waals surface area contributed by atoms with Crippen molar-refractivity contribution in [2.45, 2.75) is 0 Å². The van der Waals surface area contributed by atoms with Crippen LogP contribution in [0.5, 0.6) is 5.75 Å². The molecule has 4 aromatic rings. The van der Waals surface area contributed by atoms with Gasteiger partial charge in [0.2, 0.25) is 0 Å². The Bertz CT molecular complexity index is 1240. The van der Waals surface area contributed by atoms with Gasteiger partial charge in [-0.25, -0.2) is 0 Å². The summed E-state index contributed by atoms with van der Waals surface area (Å²) in [5.41, 5.74) is 1.44. The van der Waals surface area contributed by atoms with Crippen LogP contribution in [0.15, 0.2) is 77.2 Å². The molecule has 0 aliphatic heterocycles. The maximum Gasteiger partial charge on any atom is 0.293 e. The van der Waals surface area contributed by atoms with E-state index in [-0.39, 0.29) is 16.6 Å². The number of anilines is 1. The van der Waals surface area contributed by atoms with Gasteiger partial charge in [0, 0.05) is 27.0 Å². The lowest BCUT2D eigenvalue weighted by Gasteiger charge is -2.11. The number of amides is 1. The molecule has 0 aliphatic rings. The number of rotatable bonds is 3. The number of halogens is 1. The summed E-state index contributed by atoms with van der Waals surface area (Å²) in [4.78, 5) is 12.5. The number of phenols is 1. The van der Waals surface area contributed by atoms with Crippen LogP contribution in [0.4, 0.5) is 5.69 Å². The Balaban J connectivity index is 1.48. The van der Waals surface area contributed by atoms with Gasteiger partial charge in [-0.05, 0) is 48.6 Å². The van der Waals surface area contributed by atoms with Gasteiger partial charge in [0.25, 0.3) is 5.91 Å². The molecule has 0 unspecified atom stereocenters. The predicted octanol–water partition coefficient (Wildman–Crippen LogP) is 5.59. The summed E-state index contributed by atoms with van der Waals surface area (Å²) in [5, 5.41) is 17.7. The average molecular weight is 423 g/mol. The van der Waals surface area contributed by atoms with Crippen LogP contribution in [-0.4, -0.2) is 16.1 Å². The summed E-state index contributed by atoms with van der Waals surface area (Å²) >= 11 is 11.3. The molecule has 1 amide bonds. The van der Waals surface area contributed by atoms with E-state index in [0.717, 1.165) is 10.9 Å². The van der Waals surface area contributed by atoms with E-state index in [1.54, 1.807) is 54.6 Å². The summed E-state index contributed by atoms with van der Waals surface area (Å²) in [5.74, 6) is 0.352. The van der Waals surface area contributed by atoms with Crippen LogP contribution in [-0.2, 0) is 0 Å². The highest BCUT2D eigenvalue weighted by Crippen LogP contribution is 2.30. The summed E-state index contributed by atoms with van der Waals surface area (Å²) in [6, 6.07) is 21.0. The second-order valence-corrected chi connectivity index (χ2v) is 7.11. The zero-order valence-electron chi connectivity index (χ0n) is 15.0. The van der Waals surface area contributed by atoms with Crippen molar-refractivity contribution in [2.75, 3.05) is 5.32 Å². The molecule has 0 radical (unpaired) electrons. The van der Waals surface area contributed by atoms with E-state index in [1.165, 1.54) is 0 Å². The first kappa shape index (κ1) is 19.0. The molecule has 29 heavy (non-hydrogen) atoms. The van der Waals surface area contributed by atoms with E-state index >= 15 is 0 Å². The van der Waals surface area contributed by atoms with Crippen molar-refractivity contribution >= 4 is 51.3 Å². The van der Waals surface area contributed by atoms with Gasteiger partial charge in [-0.1, -0.05) is 48.0 Å². The summed E-state index contributed by atoms with van der Waals surface area (Å²) in [6.45, 7) is 0. The lowest BCUT2D eigenvalue weighted by atomic mass is 10.1. The molecule has 1 aromatic heterocycles. The van der Waals surface area contributed by atoms with Crippen molar-refractivity contribution < 1.29 is 14.3 Å². The molecule has 0 saturated carbocycles. The monoisotopic (exact) mass is 422 g/mol. The molecule has 3 N–H and O–H groups in total. The van der Waals surface area contributed by atoms with Crippen LogP contribution in [0.25, 0.3) is 22.1 Å². The molecule has 5 nitrogen and oxygen atoms in total. The zero-order valence-corrected chi connectivity index (χ0v) is 16.6. The van der Waals surface area contributed by atoms with Crippen molar-refractivity contribution in [1.29, 1.82) is 0 Å². The van der Waals surface area contributed by atoms with E-state index in [4.69, 9.17) is 28.2 Å². The molecule has 0 fully saturated rings. The van der Waals surface area contributed by atoms with Gasteiger partial charge in [0.1, 0.15) is 11.5 Å². The van der Waals surface area contributed by atoms with Crippen LogP contribution < -0.4 is 10.6 Å². The smallest absolute Gasteiger partial charge is 0.293 e. The highest BCUT2D eigenvalue weighted by atomic mass is 35.5. The Morgan fingerprint density at radius 1 is 0.966 bits per heavy atom. The first-order chi connectivity index (χ1) is 14.0. The number of carbonyl (C=O) groups excluding carboxylic acids is 1. The van der Waals surface area contributed by atoms with Gasteiger partial charge in [-0.15, -0.1) is 0 Å². The fraction of sp³-hybridized carbons (Fsp3) is 0. The lowest BCUT2D eigenvalue weighted by molar-refractivity contribution is 0.0951. The third kappa shape index (κ3) is 4.08. The first-order valence-electron chi connectivity index (χ1n) is 8.70. The minimum absolute atomic E-state index is 0.117. The second-order valence-electron chi connectivity index (χ2n) is 6.26. The largest absolute Gasteiger partial charge is 0.507 e. The SMILES string of the molecule is O=C(NC(=S)Nc1cccc2c(O)cccc12)c1ccc(-c2cccc(Cl)c2)o1. The van der Waals surface area contributed by atoms with Crippen molar-refractivity contribution in [2.24, 2.45) is 0 Å². The van der Waals surface area contributed by atoms with E-state index in [2.05, 4.69) is 10.6 Å². The van der Waals surface area contributed by atoms with Gasteiger partial charge in [0.15, 0.2) is 10.9 Å². The Morgan fingerprint density at radius 3 is 2.55 bits per heavy atom. The Labute approximate surface area is 176 Å². The van der Waals surface area contributed by atoms with E-state index in [0.29, 0.717) is 21.9 Å². The molecular formula is C22H15ClN2O3S. The second kappa shape index (κ2) is 7.95. The van der Waals surface area contributed by atoms with Crippen LogP contribution in [0, 0.1) is 0 Å². The number of furan rings is 1.